The van der Waals surface area contributed by atoms with Crippen molar-refractivity contribution in [3.05, 3.63) is 60.2 Å². The van der Waals surface area contributed by atoms with E-state index in [1.54, 1.807) is 18.9 Å². The van der Waals surface area contributed by atoms with E-state index in [0.717, 1.165) is 34.3 Å². The number of fused-ring (bicyclic) bond motifs is 1. The van der Waals surface area contributed by atoms with Crippen molar-refractivity contribution in [1.29, 1.82) is 0 Å². The van der Waals surface area contributed by atoms with Gasteiger partial charge in [-0.15, -0.1) is 0 Å². The van der Waals surface area contributed by atoms with Crippen LogP contribution in [0.25, 0.3) is 22.2 Å². The molecule has 0 atom stereocenters. The van der Waals surface area contributed by atoms with E-state index in [2.05, 4.69) is 0 Å². The van der Waals surface area contributed by atoms with E-state index in [4.69, 9.17) is 9.72 Å². The van der Waals surface area contributed by atoms with Crippen LogP contribution in [0.1, 0.15) is 23.7 Å². The molecule has 3 aromatic rings. The van der Waals surface area contributed by atoms with Crippen molar-refractivity contribution < 1.29 is 14.3 Å². The molecule has 1 fully saturated rings. The van der Waals surface area contributed by atoms with Crippen LogP contribution in [-0.2, 0) is 4.79 Å². The number of carbonyl (C=O) groups excluding carboxylic acids is 2. The van der Waals surface area contributed by atoms with Crippen molar-refractivity contribution in [2.24, 2.45) is 0 Å². The Morgan fingerprint density at radius 1 is 0.933 bits per heavy atom. The minimum absolute atomic E-state index is 0.0197. The largest absolute Gasteiger partial charge is 0.497 e. The second kappa shape index (κ2) is 8.53. The number of carbonyl (C=O) groups is 2. The highest BCUT2D eigenvalue weighted by Crippen LogP contribution is 2.27. The molecular formula is C24H25N3O3. The Balaban J connectivity index is 1.71. The summed E-state index contributed by atoms with van der Waals surface area (Å²) in [5, 5.41) is 0.840. The predicted octanol–water partition coefficient (Wildman–Crippen LogP) is 3.60. The number of ether oxygens (including phenoxy) is 1. The normalized spacial score (nSPS) is 14.5. The third-order valence-electron chi connectivity index (χ3n) is 5.56. The molecule has 6 nitrogen and oxygen atoms in total. The summed E-state index contributed by atoms with van der Waals surface area (Å²) in [5.74, 6) is 0.810. The number of hydrogen-bond acceptors (Lipinski definition) is 4. The second-order valence-corrected chi connectivity index (χ2v) is 7.45. The molecule has 4 rings (SSSR count). The van der Waals surface area contributed by atoms with Crippen LogP contribution in [0, 0.1) is 0 Å². The average molecular weight is 403 g/mol. The standard InChI is InChI=1S/C24H25N3O3/c1-17(28)26-12-5-13-27(15-14-26)24(29)21-16-23(18-8-10-19(30-2)11-9-18)25-22-7-4-3-6-20(21)22/h3-4,6-11,16H,5,12-15H2,1-2H3. The van der Waals surface area contributed by atoms with Crippen molar-refractivity contribution in [1.82, 2.24) is 14.8 Å². The zero-order valence-electron chi connectivity index (χ0n) is 17.3. The zero-order chi connectivity index (χ0) is 21.1. The van der Waals surface area contributed by atoms with E-state index in [1.165, 1.54) is 0 Å². The molecule has 1 aromatic heterocycles. The molecule has 1 aliphatic rings. The number of rotatable bonds is 3. The van der Waals surface area contributed by atoms with Crippen LogP contribution >= 0.6 is 0 Å². The minimum atomic E-state index is -0.0197. The van der Waals surface area contributed by atoms with Gasteiger partial charge in [0.25, 0.3) is 5.91 Å². The van der Waals surface area contributed by atoms with Gasteiger partial charge in [0.05, 0.1) is 23.9 Å². The first-order valence-corrected chi connectivity index (χ1v) is 10.2. The van der Waals surface area contributed by atoms with Gasteiger partial charge in [-0.3, -0.25) is 9.59 Å². The highest BCUT2D eigenvalue weighted by molar-refractivity contribution is 6.07. The van der Waals surface area contributed by atoms with E-state index in [9.17, 15) is 9.59 Å². The number of para-hydroxylation sites is 1. The molecule has 0 unspecified atom stereocenters. The summed E-state index contributed by atoms with van der Waals surface area (Å²) < 4.78 is 5.24. The van der Waals surface area contributed by atoms with Gasteiger partial charge in [0.1, 0.15) is 5.75 Å². The van der Waals surface area contributed by atoms with E-state index in [1.807, 2.05) is 59.5 Å². The lowest BCUT2D eigenvalue weighted by atomic mass is 10.0. The van der Waals surface area contributed by atoms with Crippen LogP contribution in [0.2, 0.25) is 0 Å². The van der Waals surface area contributed by atoms with Crippen LogP contribution in [-0.4, -0.2) is 59.9 Å². The molecule has 6 heteroatoms. The Morgan fingerprint density at radius 3 is 2.37 bits per heavy atom. The molecule has 2 amide bonds. The molecule has 0 bridgehead atoms. The van der Waals surface area contributed by atoms with E-state index in [0.29, 0.717) is 31.7 Å². The second-order valence-electron chi connectivity index (χ2n) is 7.45. The Hall–Kier alpha value is -3.41. The summed E-state index contributed by atoms with van der Waals surface area (Å²) in [4.78, 5) is 33.7. The number of nitrogens with zero attached hydrogens (tertiary/aromatic N) is 3. The average Bonchev–Trinajstić information content (AvgIpc) is 3.04. The Labute approximate surface area is 176 Å². The number of aromatic nitrogens is 1. The van der Waals surface area contributed by atoms with Gasteiger partial charge in [0.15, 0.2) is 0 Å². The number of amides is 2. The van der Waals surface area contributed by atoms with Gasteiger partial charge >= 0.3 is 0 Å². The summed E-state index contributed by atoms with van der Waals surface area (Å²) in [6.07, 6.45) is 0.777. The lowest BCUT2D eigenvalue weighted by Gasteiger charge is -2.22. The van der Waals surface area contributed by atoms with Crippen LogP contribution in [0.3, 0.4) is 0 Å². The molecule has 30 heavy (non-hydrogen) atoms. The molecule has 154 valence electrons. The maximum atomic E-state index is 13.5. The van der Waals surface area contributed by atoms with Crippen molar-refractivity contribution in [3.8, 4) is 17.0 Å². The minimum Gasteiger partial charge on any atom is -0.497 e. The van der Waals surface area contributed by atoms with E-state index in [-0.39, 0.29) is 11.8 Å². The van der Waals surface area contributed by atoms with Crippen LogP contribution in [0.15, 0.2) is 54.6 Å². The number of benzene rings is 2. The van der Waals surface area contributed by atoms with Crippen LogP contribution in [0.4, 0.5) is 0 Å². The Morgan fingerprint density at radius 2 is 1.63 bits per heavy atom. The summed E-state index contributed by atoms with van der Waals surface area (Å²) in [5.41, 5.74) is 3.10. The van der Waals surface area contributed by atoms with E-state index < -0.39 is 0 Å². The fourth-order valence-corrected chi connectivity index (χ4v) is 3.87. The maximum absolute atomic E-state index is 13.5. The van der Waals surface area contributed by atoms with Gasteiger partial charge in [-0.1, -0.05) is 18.2 Å². The summed E-state index contributed by atoms with van der Waals surface area (Å²) in [7, 11) is 1.63. The van der Waals surface area contributed by atoms with Crippen molar-refractivity contribution in [2.75, 3.05) is 33.3 Å². The monoisotopic (exact) mass is 403 g/mol. The maximum Gasteiger partial charge on any atom is 0.254 e. The first kappa shape index (κ1) is 19.9. The van der Waals surface area contributed by atoms with Crippen molar-refractivity contribution in [2.45, 2.75) is 13.3 Å². The van der Waals surface area contributed by atoms with Gasteiger partial charge in [-0.2, -0.15) is 0 Å². The Kier molecular flexibility index (Phi) is 5.65. The topological polar surface area (TPSA) is 62.7 Å². The molecule has 0 aliphatic carbocycles. The molecule has 0 radical (unpaired) electrons. The van der Waals surface area contributed by atoms with Gasteiger partial charge in [-0.05, 0) is 42.8 Å². The zero-order valence-corrected chi connectivity index (χ0v) is 17.3. The van der Waals surface area contributed by atoms with Gasteiger partial charge < -0.3 is 14.5 Å². The summed E-state index contributed by atoms with van der Waals surface area (Å²) in [6, 6.07) is 17.3. The third kappa shape index (κ3) is 3.99. The summed E-state index contributed by atoms with van der Waals surface area (Å²) >= 11 is 0. The first-order chi connectivity index (χ1) is 14.6. The molecular weight excluding hydrogens is 378 g/mol. The van der Waals surface area contributed by atoms with Crippen LogP contribution < -0.4 is 4.74 Å². The molecule has 0 saturated carbocycles. The SMILES string of the molecule is COc1ccc(-c2cc(C(=O)N3CCCN(C(C)=O)CC3)c3ccccc3n2)cc1. The Bertz CT molecular complexity index is 1080. The smallest absolute Gasteiger partial charge is 0.254 e. The lowest BCUT2D eigenvalue weighted by molar-refractivity contribution is -0.128. The number of methoxy groups -OCH3 is 1. The van der Waals surface area contributed by atoms with Crippen molar-refractivity contribution >= 4 is 22.7 Å². The first-order valence-electron chi connectivity index (χ1n) is 10.2. The molecule has 1 saturated heterocycles. The van der Waals surface area contributed by atoms with Crippen LogP contribution in [0.5, 0.6) is 5.75 Å². The highest BCUT2D eigenvalue weighted by atomic mass is 16.5. The molecule has 2 heterocycles. The lowest BCUT2D eigenvalue weighted by Crippen LogP contribution is -2.36. The predicted molar refractivity (Wildman–Crippen MR) is 117 cm³/mol. The number of hydrogen-bond donors (Lipinski definition) is 0. The summed E-state index contributed by atoms with van der Waals surface area (Å²) in [6.45, 7) is 4.00. The molecule has 0 N–H and O–H groups in total. The van der Waals surface area contributed by atoms with Gasteiger partial charge in [0, 0.05) is 44.1 Å². The molecule has 1 aliphatic heterocycles. The fraction of sp³-hybridized carbons (Fsp3) is 0.292. The van der Waals surface area contributed by atoms with Crippen molar-refractivity contribution in [3.63, 3.8) is 0 Å². The third-order valence-corrected chi connectivity index (χ3v) is 5.56. The molecule has 0 spiro atoms. The quantitative estimate of drug-likeness (QED) is 0.670. The van der Waals surface area contributed by atoms with Gasteiger partial charge in [0.2, 0.25) is 5.91 Å². The fourth-order valence-electron chi connectivity index (χ4n) is 3.87. The van der Waals surface area contributed by atoms with Gasteiger partial charge in [-0.25, -0.2) is 4.98 Å². The van der Waals surface area contributed by atoms with E-state index >= 15 is 0 Å². The number of pyridine rings is 1. The molecule has 2 aromatic carbocycles. The highest BCUT2D eigenvalue weighted by Gasteiger charge is 2.23.